The molecule has 2 aromatic heterocycles. The predicted octanol–water partition coefficient (Wildman–Crippen LogP) is 9.80. The Morgan fingerprint density at radius 3 is 2.08 bits per heavy atom. The van der Waals surface area contributed by atoms with E-state index in [1.165, 1.54) is 44.6 Å². The van der Waals surface area contributed by atoms with Gasteiger partial charge in [0, 0.05) is 16.3 Å². The molecule has 0 aliphatic carbocycles. The molecule has 0 fully saturated rings. The molecule has 3 nitrogen and oxygen atoms in total. The summed E-state index contributed by atoms with van der Waals surface area (Å²) in [6.45, 7) is 10.9. The molecule has 0 radical (unpaired) electrons. The van der Waals surface area contributed by atoms with Crippen LogP contribution in [0.1, 0.15) is 27.8 Å². The monoisotopic (exact) mass is 506 g/mol. The lowest BCUT2D eigenvalue weighted by Gasteiger charge is -2.16. The molecule has 39 heavy (non-hydrogen) atoms. The summed E-state index contributed by atoms with van der Waals surface area (Å²) >= 11 is 0. The molecule has 2 heterocycles. The fourth-order valence-electron chi connectivity index (χ4n) is 6.31. The zero-order chi connectivity index (χ0) is 26.8. The third-order valence-corrected chi connectivity index (χ3v) is 7.92. The molecular weight excluding hydrogens is 476 g/mol. The number of hydrogen-bond donors (Lipinski definition) is 0. The summed E-state index contributed by atoms with van der Waals surface area (Å²) < 4.78 is 8.70. The fourth-order valence-corrected chi connectivity index (χ4v) is 6.31. The van der Waals surface area contributed by atoms with Gasteiger partial charge in [0.05, 0.1) is 16.7 Å². The van der Waals surface area contributed by atoms with Gasteiger partial charge in [0.15, 0.2) is 0 Å². The van der Waals surface area contributed by atoms with Gasteiger partial charge in [-0.1, -0.05) is 54.1 Å². The summed E-state index contributed by atoms with van der Waals surface area (Å²) in [5, 5.41) is 2.22. The Bertz CT molecular complexity index is 2030. The van der Waals surface area contributed by atoms with E-state index in [1.807, 2.05) is 0 Å². The Balaban J connectivity index is 1.45. The Morgan fingerprint density at radius 2 is 1.31 bits per heavy atom. The maximum absolute atomic E-state index is 6.38. The van der Waals surface area contributed by atoms with E-state index in [0.29, 0.717) is 0 Å². The van der Waals surface area contributed by atoms with E-state index < -0.39 is 0 Å². The predicted molar refractivity (Wildman–Crippen MR) is 163 cm³/mol. The molecule has 0 spiro atoms. The van der Waals surface area contributed by atoms with Crippen molar-refractivity contribution in [1.82, 2.24) is 9.55 Å². The minimum absolute atomic E-state index is 0.887. The summed E-state index contributed by atoms with van der Waals surface area (Å²) in [6.07, 6.45) is 0. The van der Waals surface area contributed by atoms with Crippen LogP contribution in [-0.2, 0) is 0 Å². The molecular formula is C36H30N2O. The number of aryl methyl sites for hydroxylation is 5. The van der Waals surface area contributed by atoms with E-state index in [2.05, 4.69) is 130 Å². The highest BCUT2D eigenvalue weighted by atomic mass is 16.3. The van der Waals surface area contributed by atoms with E-state index in [-0.39, 0.29) is 0 Å². The third kappa shape index (κ3) is 3.69. The number of para-hydroxylation sites is 2. The average Bonchev–Trinajstić information content (AvgIpc) is 3.46. The lowest BCUT2D eigenvalue weighted by atomic mass is 9.95. The van der Waals surface area contributed by atoms with Crippen molar-refractivity contribution in [2.45, 2.75) is 34.6 Å². The van der Waals surface area contributed by atoms with Crippen LogP contribution in [0.4, 0.5) is 0 Å². The topological polar surface area (TPSA) is 31.0 Å². The van der Waals surface area contributed by atoms with Crippen LogP contribution in [0.15, 0.2) is 95.4 Å². The number of imidazole rings is 1. The van der Waals surface area contributed by atoms with E-state index in [1.54, 1.807) is 0 Å². The van der Waals surface area contributed by atoms with Gasteiger partial charge in [0.1, 0.15) is 17.0 Å². The number of hydrogen-bond acceptors (Lipinski definition) is 2. The lowest BCUT2D eigenvalue weighted by Crippen LogP contribution is -2.03. The number of benzene rings is 5. The first-order valence-corrected chi connectivity index (χ1v) is 13.5. The van der Waals surface area contributed by atoms with Gasteiger partial charge in [-0.3, -0.25) is 4.57 Å². The van der Waals surface area contributed by atoms with Crippen molar-refractivity contribution in [3.05, 3.63) is 119 Å². The van der Waals surface area contributed by atoms with E-state index >= 15 is 0 Å². The van der Waals surface area contributed by atoms with E-state index in [9.17, 15) is 0 Å². The largest absolute Gasteiger partial charge is 0.456 e. The molecule has 0 bridgehead atoms. The second kappa shape index (κ2) is 8.71. The summed E-state index contributed by atoms with van der Waals surface area (Å²) in [5.41, 5.74) is 14.9. The van der Waals surface area contributed by atoms with Crippen molar-refractivity contribution in [1.29, 1.82) is 0 Å². The van der Waals surface area contributed by atoms with Gasteiger partial charge in [-0.15, -0.1) is 0 Å². The second-order valence-electron chi connectivity index (χ2n) is 10.8. The van der Waals surface area contributed by atoms with E-state index in [4.69, 9.17) is 9.40 Å². The van der Waals surface area contributed by atoms with Crippen molar-refractivity contribution < 1.29 is 4.42 Å². The highest BCUT2D eigenvalue weighted by molar-refractivity contribution is 6.07. The van der Waals surface area contributed by atoms with Crippen LogP contribution in [0.2, 0.25) is 0 Å². The molecule has 0 N–H and O–H groups in total. The average molecular weight is 507 g/mol. The van der Waals surface area contributed by atoms with Gasteiger partial charge in [-0.25, -0.2) is 4.98 Å². The molecule has 0 amide bonds. The highest BCUT2D eigenvalue weighted by Crippen LogP contribution is 2.38. The van der Waals surface area contributed by atoms with Crippen molar-refractivity contribution in [3.63, 3.8) is 0 Å². The van der Waals surface area contributed by atoms with Gasteiger partial charge in [-0.2, -0.15) is 0 Å². The summed E-state index contributed by atoms with van der Waals surface area (Å²) in [5.74, 6) is 0.939. The van der Waals surface area contributed by atoms with Crippen LogP contribution < -0.4 is 0 Å². The minimum Gasteiger partial charge on any atom is -0.456 e. The van der Waals surface area contributed by atoms with Crippen LogP contribution in [0.5, 0.6) is 0 Å². The lowest BCUT2D eigenvalue weighted by molar-refractivity contribution is 0.669. The Hall–Kier alpha value is -4.63. The summed E-state index contributed by atoms with van der Waals surface area (Å²) in [4.78, 5) is 5.14. The van der Waals surface area contributed by atoms with Gasteiger partial charge in [0.2, 0.25) is 0 Å². The first kappa shape index (κ1) is 23.5. The third-order valence-electron chi connectivity index (χ3n) is 7.92. The normalized spacial score (nSPS) is 11.7. The highest BCUT2D eigenvalue weighted by Gasteiger charge is 2.19. The Morgan fingerprint density at radius 1 is 0.590 bits per heavy atom. The Labute approximate surface area is 228 Å². The Kier molecular flexibility index (Phi) is 5.24. The second-order valence-corrected chi connectivity index (χ2v) is 10.8. The van der Waals surface area contributed by atoms with Crippen molar-refractivity contribution in [3.8, 4) is 28.2 Å². The van der Waals surface area contributed by atoms with Gasteiger partial charge in [0.25, 0.3) is 0 Å². The molecule has 3 heteroatoms. The SMILES string of the molecule is Cc1cc(C)c(-n2c(-c3ccc4oc5cc(-c6c(C)cccc6C)ccc5c4c3)nc3ccccc32)c(C)c1. The van der Waals surface area contributed by atoms with E-state index in [0.717, 1.165) is 44.4 Å². The molecule has 0 saturated heterocycles. The molecule has 0 atom stereocenters. The maximum atomic E-state index is 6.38. The fraction of sp³-hybridized carbons (Fsp3) is 0.139. The molecule has 5 aromatic carbocycles. The molecule has 0 saturated carbocycles. The quantitative estimate of drug-likeness (QED) is 0.239. The molecule has 7 aromatic rings. The molecule has 0 aliphatic heterocycles. The number of aromatic nitrogens is 2. The number of fused-ring (bicyclic) bond motifs is 4. The maximum Gasteiger partial charge on any atom is 0.145 e. The molecule has 0 aliphatic rings. The van der Waals surface area contributed by atoms with Crippen molar-refractivity contribution in [2.24, 2.45) is 0 Å². The van der Waals surface area contributed by atoms with Crippen molar-refractivity contribution in [2.75, 3.05) is 0 Å². The van der Waals surface area contributed by atoms with Crippen molar-refractivity contribution >= 4 is 33.0 Å². The smallest absolute Gasteiger partial charge is 0.145 e. The number of nitrogens with zero attached hydrogens (tertiary/aromatic N) is 2. The molecule has 190 valence electrons. The van der Waals surface area contributed by atoms with Gasteiger partial charge >= 0.3 is 0 Å². The minimum atomic E-state index is 0.887. The zero-order valence-electron chi connectivity index (χ0n) is 23.0. The van der Waals surface area contributed by atoms with Crippen LogP contribution in [0, 0.1) is 34.6 Å². The zero-order valence-corrected chi connectivity index (χ0v) is 23.0. The summed E-state index contributed by atoms with van der Waals surface area (Å²) in [7, 11) is 0. The number of rotatable bonds is 3. The summed E-state index contributed by atoms with van der Waals surface area (Å²) in [6, 6.07) is 32.4. The van der Waals surface area contributed by atoms with Crippen LogP contribution in [0.3, 0.4) is 0 Å². The first-order valence-electron chi connectivity index (χ1n) is 13.5. The standard InChI is InChI=1S/C36H30N2O/c1-21-17-24(4)35(25(5)18-21)38-31-12-7-6-11-30(31)37-36(38)27-14-16-32-29(19-27)28-15-13-26(20-33(28)39-32)34-22(2)9-8-10-23(34)3/h6-20H,1-5H3. The van der Waals surface area contributed by atoms with Crippen LogP contribution >= 0.6 is 0 Å². The number of furan rings is 1. The molecule has 0 unspecified atom stereocenters. The van der Waals surface area contributed by atoms with Crippen LogP contribution in [0.25, 0.3) is 61.2 Å². The van der Waals surface area contributed by atoms with Gasteiger partial charge < -0.3 is 4.42 Å². The molecule has 7 rings (SSSR count). The first-order chi connectivity index (χ1) is 18.9. The van der Waals surface area contributed by atoms with Gasteiger partial charge in [-0.05, 0) is 110 Å². The van der Waals surface area contributed by atoms with Crippen LogP contribution in [-0.4, -0.2) is 9.55 Å².